The largest absolute Gasteiger partial charge is 0.481 e. The number of nitrogens with one attached hydrogen (secondary N) is 1. The Kier molecular flexibility index (Phi) is 39.6. The van der Waals surface area contributed by atoms with Crippen LogP contribution in [0.2, 0.25) is 0 Å². The topological polar surface area (TPSA) is 292 Å². The minimum atomic E-state index is -0.735. The van der Waals surface area contributed by atoms with Crippen LogP contribution < -0.4 is 16.8 Å². The summed E-state index contributed by atoms with van der Waals surface area (Å²) < 4.78 is 5.15. The Morgan fingerprint density at radius 1 is 0.451 bits per heavy atom. The second kappa shape index (κ2) is 42.7. The van der Waals surface area contributed by atoms with Crippen molar-refractivity contribution in [1.29, 1.82) is 0 Å². The second-order valence-corrected chi connectivity index (χ2v) is 27.8. The number of hydrogen-bond acceptors (Lipinski definition) is 11. The van der Waals surface area contributed by atoms with Crippen molar-refractivity contribution in [2.24, 2.45) is 41.1 Å². The van der Waals surface area contributed by atoms with Gasteiger partial charge in [0.1, 0.15) is 11.4 Å². The number of aliphatic carboxylic acids is 2. The van der Waals surface area contributed by atoms with Gasteiger partial charge in [-0.15, -0.1) is 12.4 Å². The summed E-state index contributed by atoms with van der Waals surface area (Å²) in [6.07, 6.45) is 18.8. The van der Waals surface area contributed by atoms with Crippen LogP contribution in [0, 0.1) is 29.6 Å². The molecule has 0 radical (unpaired) electrons. The Hall–Kier alpha value is -4.61. The number of alkyl carbamates (subject to hydrolysis) is 1. The average molecular weight is 1380 g/mol. The third kappa shape index (κ3) is 32.9. The Balaban J connectivity index is 0.000000586. The normalized spacial score (nSPS) is 23.9. The van der Waals surface area contributed by atoms with Crippen LogP contribution in [0.4, 0.5) is 4.79 Å². The Bertz CT molecular complexity index is 2490. The first kappa shape index (κ1) is 84.4. The van der Waals surface area contributed by atoms with Gasteiger partial charge in [-0.05, 0) is 218 Å². The van der Waals surface area contributed by atoms with Crippen LogP contribution in [0.1, 0.15) is 206 Å². The number of rotatable bonds is 16. The molecule has 5 fully saturated rings. The van der Waals surface area contributed by atoms with Gasteiger partial charge in [-0.3, -0.25) is 24.2 Å². The molecule has 5 saturated carbocycles. The SMILES string of the molecule is CC(=O)C1CCC(N(Cc2ccccc2)Cc2ccccc2)CC1.CC(C)(C)OC(=O)NC1CCC(C(=O)O)CC1.CC(C)(O)C1CCC(N(Cc2ccccc2)Cc2ccccc2)CC1.CC(C)(O)C1CCC(N)CC1.Cl.NC1CCC(C(=O)O)CC1.O.O.[Pd]. The molecule has 0 aromatic heterocycles. The van der Waals surface area contributed by atoms with E-state index in [-0.39, 0.29) is 73.6 Å². The van der Waals surface area contributed by atoms with E-state index in [1.165, 1.54) is 35.1 Å². The fourth-order valence-electron chi connectivity index (χ4n) is 13.0. The number of nitrogens with zero attached hydrogens (tertiary/aromatic N) is 2. The Morgan fingerprint density at radius 2 is 0.714 bits per heavy atom. The number of carbonyl (C=O) groups excluding carboxylic acids is 2. The monoisotopic (exact) mass is 1380 g/mol. The predicted octanol–water partition coefficient (Wildman–Crippen LogP) is 12.6. The van der Waals surface area contributed by atoms with E-state index in [9.17, 15) is 29.4 Å². The van der Waals surface area contributed by atoms with Crippen LogP contribution in [0.5, 0.6) is 0 Å². The number of carboxylic acids is 2. The molecule has 0 heterocycles. The fraction of sp³-hybridized carbons (Fsp3) is 0.616. The molecular formula is C73H116ClN5O11Pd. The number of aliphatic hydroxyl groups is 2. The molecule has 91 heavy (non-hydrogen) atoms. The van der Waals surface area contributed by atoms with Crippen molar-refractivity contribution in [3.05, 3.63) is 144 Å². The molecule has 0 bridgehead atoms. The van der Waals surface area contributed by atoms with E-state index in [1.807, 2.05) is 48.5 Å². The summed E-state index contributed by atoms with van der Waals surface area (Å²) in [6, 6.07) is 44.8. The number of carboxylic acid groups (broad SMARTS) is 2. The van der Waals surface area contributed by atoms with Gasteiger partial charge in [0.05, 0.1) is 23.0 Å². The molecule has 4 aromatic carbocycles. The number of ketones is 1. The Morgan fingerprint density at radius 3 is 0.989 bits per heavy atom. The van der Waals surface area contributed by atoms with Crippen LogP contribution in [0.3, 0.4) is 0 Å². The maximum atomic E-state index is 11.6. The number of hydrogen-bond donors (Lipinski definition) is 7. The molecule has 0 spiro atoms. The number of halogens is 1. The van der Waals surface area contributed by atoms with Crippen molar-refractivity contribution in [3.63, 3.8) is 0 Å². The zero-order valence-electron chi connectivity index (χ0n) is 55.9. The van der Waals surface area contributed by atoms with Crippen LogP contribution in [-0.4, -0.2) is 112 Å². The molecule has 1 amide bonds. The summed E-state index contributed by atoms with van der Waals surface area (Å²) >= 11 is 0. The minimum absolute atomic E-state index is 0. The molecule has 0 atom stereocenters. The predicted molar refractivity (Wildman–Crippen MR) is 364 cm³/mol. The first-order valence-corrected chi connectivity index (χ1v) is 32.8. The van der Waals surface area contributed by atoms with Gasteiger partial charge in [0.25, 0.3) is 0 Å². The maximum absolute atomic E-state index is 11.6. The number of benzene rings is 4. The van der Waals surface area contributed by atoms with Crippen LogP contribution in [0.15, 0.2) is 121 Å². The summed E-state index contributed by atoms with van der Waals surface area (Å²) in [6.45, 7) is 18.8. The van der Waals surface area contributed by atoms with E-state index in [4.69, 9.17) is 26.4 Å². The quantitative estimate of drug-likeness (QED) is 0.0514. The van der Waals surface area contributed by atoms with Gasteiger partial charge < -0.3 is 52.9 Å². The van der Waals surface area contributed by atoms with Gasteiger partial charge in [-0.25, -0.2) is 4.79 Å². The third-order valence-corrected chi connectivity index (χ3v) is 18.6. The zero-order chi connectivity index (χ0) is 63.6. The van der Waals surface area contributed by atoms with Crippen molar-refractivity contribution in [3.8, 4) is 0 Å². The summed E-state index contributed by atoms with van der Waals surface area (Å²) in [5.74, 6) is -0.233. The number of carbonyl (C=O) groups is 4. The number of amides is 1. The van der Waals surface area contributed by atoms with Gasteiger partial charge in [-0.2, -0.15) is 0 Å². The Labute approximate surface area is 565 Å². The molecule has 4 aromatic rings. The molecule has 18 heteroatoms. The van der Waals surface area contributed by atoms with E-state index in [2.05, 4.69) is 136 Å². The van der Waals surface area contributed by atoms with E-state index in [0.29, 0.717) is 61.4 Å². The summed E-state index contributed by atoms with van der Waals surface area (Å²) in [4.78, 5) is 49.5. The number of nitrogens with two attached hydrogens (primary N) is 2. The van der Waals surface area contributed by atoms with Crippen molar-refractivity contribution < 1.29 is 75.7 Å². The van der Waals surface area contributed by atoms with Crippen molar-refractivity contribution in [2.45, 2.75) is 257 Å². The molecule has 0 saturated heterocycles. The molecular weight excluding hydrogens is 1260 g/mol. The maximum Gasteiger partial charge on any atom is 0.407 e. The van der Waals surface area contributed by atoms with Gasteiger partial charge in [0, 0.05) is 82.7 Å². The number of ether oxygens (including phenoxy) is 1. The zero-order valence-corrected chi connectivity index (χ0v) is 58.3. The molecule has 0 aliphatic heterocycles. The number of Topliss-reactive ketones (excluding diaryl/α,β-unsaturated/α-hetero) is 1. The van der Waals surface area contributed by atoms with E-state index >= 15 is 0 Å². The van der Waals surface area contributed by atoms with Crippen LogP contribution >= 0.6 is 12.4 Å². The summed E-state index contributed by atoms with van der Waals surface area (Å²) in [7, 11) is 0. The van der Waals surface area contributed by atoms with Crippen LogP contribution in [-0.2, 0) is 65.7 Å². The minimum Gasteiger partial charge on any atom is -0.481 e. The molecule has 9 rings (SSSR count). The second-order valence-electron chi connectivity index (χ2n) is 27.8. The molecule has 5 aliphatic carbocycles. The van der Waals surface area contributed by atoms with Crippen molar-refractivity contribution >= 4 is 36.2 Å². The average Bonchev–Trinajstić information content (AvgIpc) is 2.37. The first-order valence-electron chi connectivity index (χ1n) is 32.8. The fourth-order valence-corrected chi connectivity index (χ4v) is 13.0. The van der Waals surface area contributed by atoms with Crippen molar-refractivity contribution in [2.75, 3.05) is 0 Å². The smallest absolute Gasteiger partial charge is 0.407 e. The molecule has 13 N–H and O–H groups in total. The van der Waals surface area contributed by atoms with E-state index in [0.717, 1.165) is 116 Å². The van der Waals surface area contributed by atoms with Gasteiger partial charge in [-0.1, -0.05) is 121 Å². The van der Waals surface area contributed by atoms with Gasteiger partial charge in [0.15, 0.2) is 0 Å². The van der Waals surface area contributed by atoms with E-state index < -0.39 is 34.8 Å². The first-order chi connectivity index (χ1) is 41.2. The van der Waals surface area contributed by atoms with Crippen molar-refractivity contribution in [1.82, 2.24) is 15.1 Å². The summed E-state index contributed by atoms with van der Waals surface area (Å²) in [5, 5.41) is 40.2. The molecule has 5 aliphatic rings. The summed E-state index contributed by atoms with van der Waals surface area (Å²) in [5.41, 5.74) is 15.3. The standard InChI is InChI=1S/C23H31NO.C22H27NO.C12H21NO4.C9H19NO.C7H13NO2.ClH.2H2O.Pd/c1-23(2,25)21-13-15-22(16-14-21)24(17-19-9-5-3-6-10-19)18-20-11-7-4-8-12-20;1-18(24)21-12-14-22(15-13-21)23(16-19-8-4-2-5-9-19)17-20-10-6-3-7-11-20;1-12(2,3)17-11(16)13-9-6-4-8(5-7-9)10(14)15;1-9(2,11)7-3-5-8(10)6-4-7;8-6-3-1-5(2-4-6)7(9)10;;;;/h3-12,21-22,25H,13-18H2,1-2H3;2-11,21-22H,12-17H2,1H3;8-9H,4-7H2,1-3H3,(H,13,16)(H,14,15);7-8,11H,3-6,10H2,1-2H3;5-6H,1-4,8H2,(H,9,10);1H;2*1H2;. The molecule has 0 unspecified atom stereocenters. The molecule has 516 valence electrons. The van der Waals surface area contributed by atoms with Crippen LogP contribution in [0.25, 0.3) is 0 Å². The van der Waals surface area contributed by atoms with Gasteiger partial charge in [0.2, 0.25) is 0 Å². The third-order valence-electron chi connectivity index (χ3n) is 18.6. The van der Waals surface area contributed by atoms with Gasteiger partial charge >= 0.3 is 18.0 Å². The van der Waals surface area contributed by atoms with E-state index in [1.54, 1.807) is 6.92 Å². The molecule has 16 nitrogen and oxygen atoms in total.